The van der Waals surface area contributed by atoms with Gasteiger partial charge in [0.05, 0.1) is 41.9 Å². The summed E-state index contributed by atoms with van der Waals surface area (Å²) in [6.07, 6.45) is 5.51. The number of aromatic nitrogens is 6. The summed E-state index contributed by atoms with van der Waals surface area (Å²) in [6, 6.07) is 3.13. The van der Waals surface area contributed by atoms with E-state index >= 15 is 0 Å². The van der Waals surface area contributed by atoms with Gasteiger partial charge in [-0.05, 0) is 54.0 Å². The monoisotopic (exact) mass is 735 g/mol. The number of sulfone groups is 1. The molecule has 0 bridgehead atoms. The van der Waals surface area contributed by atoms with E-state index in [-0.39, 0.29) is 22.6 Å². The molecule has 2 aliphatic rings. The molecule has 1 atom stereocenters. The second-order valence-corrected chi connectivity index (χ2v) is 16.9. The molecule has 5 heterocycles. The molecule has 3 aromatic heterocycles. The lowest BCUT2D eigenvalue weighted by atomic mass is 10.2. The molecule has 1 unspecified atom stereocenters. The molecule has 52 heavy (non-hydrogen) atoms. The smallest absolute Gasteiger partial charge is 0.239 e. The molecule has 2 saturated heterocycles. The van der Waals surface area contributed by atoms with E-state index in [0.717, 1.165) is 50.5 Å². The van der Waals surface area contributed by atoms with E-state index in [1.807, 2.05) is 25.7 Å². The molecule has 4 aromatic rings. The number of nitrogens with zero attached hydrogens (tertiary/aromatic N) is 8. The fraction of sp³-hybridized carbons (Fsp3) is 0.543. The number of anilines is 3. The van der Waals surface area contributed by atoms with Crippen molar-refractivity contribution in [3.05, 3.63) is 42.1 Å². The Balaban J connectivity index is 1.02. The Morgan fingerprint density at radius 2 is 1.69 bits per heavy atom. The SMILES string of the molecule is Cc1[nH]nc(Nc2ncnc3cc(OCCCN4CCN(c5ncc(OCCN6CCNC(C)C6=O)cn5)CC4)c(S(=O)(=O)C(C)(C)C)cc23)c1C. The molecule has 0 spiro atoms. The highest BCUT2D eigenvalue weighted by atomic mass is 32.2. The average Bonchev–Trinajstić information content (AvgIpc) is 3.44. The fourth-order valence-corrected chi connectivity index (χ4v) is 7.42. The third-order valence-electron chi connectivity index (χ3n) is 9.58. The van der Waals surface area contributed by atoms with Gasteiger partial charge >= 0.3 is 0 Å². The Morgan fingerprint density at radius 3 is 2.38 bits per heavy atom. The van der Waals surface area contributed by atoms with Gasteiger partial charge in [0.1, 0.15) is 29.4 Å². The number of amides is 1. The zero-order valence-electron chi connectivity index (χ0n) is 30.8. The number of aryl methyl sites for hydroxylation is 1. The molecule has 0 saturated carbocycles. The Morgan fingerprint density at radius 1 is 0.942 bits per heavy atom. The van der Waals surface area contributed by atoms with Crippen LogP contribution in [0.15, 0.2) is 35.7 Å². The van der Waals surface area contributed by atoms with Gasteiger partial charge in [-0.15, -0.1) is 0 Å². The zero-order chi connectivity index (χ0) is 37.0. The minimum Gasteiger partial charge on any atom is -0.492 e. The lowest BCUT2D eigenvalue weighted by molar-refractivity contribution is -0.135. The van der Waals surface area contributed by atoms with E-state index in [0.29, 0.717) is 67.0 Å². The lowest BCUT2D eigenvalue weighted by Crippen LogP contribution is -2.54. The number of benzene rings is 1. The highest BCUT2D eigenvalue weighted by Crippen LogP contribution is 2.37. The summed E-state index contributed by atoms with van der Waals surface area (Å²) in [6.45, 7) is 17.5. The van der Waals surface area contributed by atoms with Gasteiger partial charge in [0.25, 0.3) is 0 Å². The lowest BCUT2D eigenvalue weighted by Gasteiger charge is -2.34. The summed E-state index contributed by atoms with van der Waals surface area (Å²) in [5.74, 6) is 2.67. The first-order valence-electron chi connectivity index (χ1n) is 17.7. The minimum atomic E-state index is -3.78. The minimum absolute atomic E-state index is 0.0913. The van der Waals surface area contributed by atoms with Gasteiger partial charge in [-0.2, -0.15) is 5.10 Å². The van der Waals surface area contributed by atoms with Crippen LogP contribution in [0.5, 0.6) is 11.5 Å². The first-order valence-corrected chi connectivity index (χ1v) is 19.2. The van der Waals surface area contributed by atoms with Crippen molar-refractivity contribution < 1.29 is 22.7 Å². The molecule has 17 heteroatoms. The molecule has 3 N–H and O–H groups in total. The van der Waals surface area contributed by atoms with Gasteiger partial charge in [0.15, 0.2) is 21.4 Å². The second-order valence-electron chi connectivity index (χ2n) is 14.2. The maximum absolute atomic E-state index is 13.8. The molecule has 1 amide bonds. The molecule has 6 rings (SSSR count). The number of carbonyl (C=O) groups is 1. The maximum atomic E-state index is 13.8. The number of H-pyrrole nitrogens is 1. The molecular weight excluding hydrogens is 687 g/mol. The number of fused-ring (bicyclic) bond motifs is 1. The highest BCUT2D eigenvalue weighted by Gasteiger charge is 2.34. The molecule has 0 aliphatic carbocycles. The van der Waals surface area contributed by atoms with E-state index in [2.05, 4.69) is 50.6 Å². The van der Waals surface area contributed by atoms with Gasteiger partial charge in [-0.1, -0.05) is 0 Å². The summed E-state index contributed by atoms with van der Waals surface area (Å²) in [5.41, 5.74) is 2.42. The number of aromatic amines is 1. The van der Waals surface area contributed by atoms with Crippen molar-refractivity contribution >= 4 is 44.2 Å². The number of piperazine rings is 2. The standard InChI is InChI=1S/C35H49N11O5S/c1-23-24(2)42-43-31(23)41-32-27-18-30(52(48,49)35(4,5)6)29(19-28(27)39-22-40-32)51-16-7-9-44-11-13-46(14-12-44)34-37-20-26(21-38-34)50-17-15-45-10-8-36-25(3)33(45)47/h18-22,25,36H,7-17H2,1-6H3,(H2,39,40,41,42,43). The summed E-state index contributed by atoms with van der Waals surface area (Å²) >= 11 is 0. The van der Waals surface area contributed by atoms with Crippen molar-refractivity contribution in [2.75, 3.05) is 75.8 Å². The second kappa shape index (κ2) is 15.6. The Kier molecular flexibility index (Phi) is 11.1. The van der Waals surface area contributed by atoms with Crippen LogP contribution in [0.3, 0.4) is 0 Å². The van der Waals surface area contributed by atoms with Gasteiger partial charge in [0, 0.05) is 68.5 Å². The van der Waals surface area contributed by atoms with Crippen LogP contribution in [0.4, 0.5) is 17.6 Å². The first-order chi connectivity index (χ1) is 24.8. The van der Waals surface area contributed by atoms with Gasteiger partial charge in [-0.3, -0.25) is 14.8 Å². The van der Waals surface area contributed by atoms with Crippen LogP contribution in [0, 0.1) is 13.8 Å². The number of ether oxygens (including phenoxy) is 2. The molecule has 16 nitrogen and oxygen atoms in total. The van der Waals surface area contributed by atoms with Gasteiger partial charge in [-0.25, -0.2) is 28.4 Å². The average molecular weight is 736 g/mol. The van der Waals surface area contributed by atoms with Crippen molar-refractivity contribution in [1.82, 2.24) is 45.2 Å². The van der Waals surface area contributed by atoms with E-state index in [1.54, 1.807) is 45.3 Å². The van der Waals surface area contributed by atoms with Crippen LogP contribution < -0.4 is 25.0 Å². The highest BCUT2D eigenvalue weighted by molar-refractivity contribution is 7.92. The third kappa shape index (κ3) is 8.21. The van der Waals surface area contributed by atoms with E-state index in [1.165, 1.54) is 6.33 Å². The quantitative estimate of drug-likeness (QED) is 0.170. The molecule has 0 radical (unpaired) electrons. The van der Waals surface area contributed by atoms with Crippen LogP contribution >= 0.6 is 0 Å². The zero-order valence-corrected chi connectivity index (χ0v) is 31.6. The third-order valence-corrected chi connectivity index (χ3v) is 12.1. The van der Waals surface area contributed by atoms with Crippen molar-refractivity contribution in [1.29, 1.82) is 0 Å². The van der Waals surface area contributed by atoms with Crippen LogP contribution in [0.2, 0.25) is 0 Å². The predicted molar refractivity (Wildman–Crippen MR) is 198 cm³/mol. The number of carbonyl (C=O) groups excluding carboxylic acids is 1. The summed E-state index contributed by atoms with van der Waals surface area (Å²) in [4.78, 5) is 36.6. The molecule has 280 valence electrons. The van der Waals surface area contributed by atoms with Crippen LogP contribution in [-0.2, 0) is 14.6 Å². The van der Waals surface area contributed by atoms with E-state index in [4.69, 9.17) is 9.47 Å². The molecule has 2 aliphatic heterocycles. The number of nitrogens with one attached hydrogen (secondary N) is 3. The van der Waals surface area contributed by atoms with Crippen molar-refractivity contribution in [3.63, 3.8) is 0 Å². The first kappa shape index (κ1) is 37.2. The van der Waals surface area contributed by atoms with Crippen LogP contribution in [0.25, 0.3) is 10.9 Å². The topological polar surface area (TPSA) is 184 Å². The van der Waals surface area contributed by atoms with Crippen molar-refractivity contribution in [2.24, 2.45) is 0 Å². The molecule has 1 aromatic carbocycles. The molecule has 2 fully saturated rings. The molecular formula is C35H49N11O5S. The number of hydrogen-bond donors (Lipinski definition) is 3. The Bertz CT molecular complexity index is 1970. The fourth-order valence-electron chi connectivity index (χ4n) is 6.11. The van der Waals surface area contributed by atoms with Crippen LogP contribution in [0.1, 0.15) is 45.4 Å². The van der Waals surface area contributed by atoms with Crippen molar-refractivity contribution in [2.45, 2.75) is 63.6 Å². The van der Waals surface area contributed by atoms with E-state index in [9.17, 15) is 13.2 Å². The largest absolute Gasteiger partial charge is 0.492 e. The Hall–Kier alpha value is -4.61. The van der Waals surface area contributed by atoms with Gasteiger partial charge < -0.3 is 29.9 Å². The maximum Gasteiger partial charge on any atom is 0.239 e. The van der Waals surface area contributed by atoms with E-state index < -0.39 is 14.6 Å². The van der Waals surface area contributed by atoms with Crippen LogP contribution in [-0.4, -0.2) is 131 Å². The summed E-state index contributed by atoms with van der Waals surface area (Å²) < 4.78 is 38.6. The predicted octanol–water partition coefficient (Wildman–Crippen LogP) is 2.87. The normalized spacial score (nSPS) is 17.5. The summed E-state index contributed by atoms with van der Waals surface area (Å²) in [7, 11) is -3.78. The van der Waals surface area contributed by atoms with Crippen molar-refractivity contribution in [3.8, 4) is 11.5 Å². The van der Waals surface area contributed by atoms with Gasteiger partial charge in [0.2, 0.25) is 11.9 Å². The Labute approximate surface area is 304 Å². The summed E-state index contributed by atoms with van der Waals surface area (Å²) in [5, 5.41) is 14.2. The number of rotatable bonds is 13. The number of hydrogen-bond acceptors (Lipinski definition) is 14.